The van der Waals surface area contributed by atoms with Crippen LogP contribution in [0.2, 0.25) is 5.02 Å². The number of hydrazone groups is 1. The maximum absolute atomic E-state index is 12.1. The number of allylic oxidation sites excluding steroid dienone is 1. The second kappa shape index (κ2) is 8.15. The molecule has 1 aliphatic rings. The fourth-order valence-electron chi connectivity index (χ4n) is 3.57. The molecule has 0 saturated heterocycles. The number of nitrogens with one attached hydrogen (secondary N) is 1. The SMILES string of the molecule is CCCN1c2cc(Cl)c(/C=N\NC(=O)c3cccnc3)cc2C(C)=CC1(C)C. The third-order valence-electron chi connectivity index (χ3n) is 4.84. The van der Waals surface area contributed by atoms with Crippen LogP contribution in [0.1, 0.15) is 55.6 Å². The minimum atomic E-state index is -0.314. The molecule has 6 heteroatoms. The summed E-state index contributed by atoms with van der Waals surface area (Å²) in [5.41, 5.74) is 7.14. The molecule has 2 aromatic rings. The first kappa shape index (κ1) is 20.1. The number of nitrogens with zero attached hydrogens (tertiary/aromatic N) is 3. The summed E-state index contributed by atoms with van der Waals surface area (Å²) in [5.74, 6) is -0.314. The molecule has 1 aliphatic heterocycles. The molecule has 2 heterocycles. The molecule has 146 valence electrons. The van der Waals surface area contributed by atoms with Crippen LogP contribution in [0.3, 0.4) is 0 Å². The standard InChI is InChI=1S/C22H25ClN4O/c1-5-9-27-20-11-19(23)17(10-18(20)15(2)12-22(27,3)4)14-25-26-21(28)16-7-6-8-24-13-16/h6-8,10-14H,5,9H2,1-4H3,(H,26,28)/b25-14-. The van der Waals surface area contributed by atoms with Gasteiger partial charge in [-0.1, -0.05) is 24.6 Å². The van der Waals surface area contributed by atoms with Gasteiger partial charge >= 0.3 is 0 Å². The Morgan fingerprint density at radius 1 is 1.39 bits per heavy atom. The molecule has 0 saturated carbocycles. The van der Waals surface area contributed by atoms with Gasteiger partial charge in [0.2, 0.25) is 0 Å². The highest BCUT2D eigenvalue weighted by molar-refractivity contribution is 6.33. The molecule has 1 aromatic carbocycles. The molecule has 0 bridgehead atoms. The van der Waals surface area contributed by atoms with Crippen molar-refractivity contribution in [2.45, 2.75) is 39.7 Å². The Balaban J connectivity index is 1.87. The van der Waals surface area contributed by atoms with E-state index in [1.807, 2.05) is 12.1 Å². The number of hydrogen-bond donors (Lipinski definition) is 1. The highest BCUT2D eigenvalue weighted by Gasteiger charge is 2.31. The van der Waals surface area contributed by atoms with Crippen molar-refractivity contribution in [3.8, 4) is 0 Å². The summed E-state index contributed by atoms with van der Waals surface area (Å²) in [4.78, 5) is 18.4. The van der Waals surface area contributed by atoms with Crippen molar-refractivity contribution in [3.63, 3.8) is 0 Å². The van der Waals surface area contributed by atoms with E-state index in [1.165, 1.54) is 11.8 Å². The fraction of sp³-hybridized carbons (Fsp3) is 0.318. The third-order valence-corrected chi connectivity index (χ3v) is 5.16. The average molecular weight is 397 g/mol. The minimum absolute atomic E-state index is 0.0658. The summed E-state index contributed by atoms with van der Waals surface area (Å²) in [6, 6.07) is 7.41. The van der Waals surface area contributed by atoms with Gasteiger partial charge in [0.25, 0.3) is 5.91 Å². The van der Waals surface area contributed by atoms with Crippen LogP contribution in [-0.2, 0) is 0 Å². The average Bonchev–Trinajstić information content (AvgIpc) is 2.66. The number of carbonyl (C=O) groups is 1. The maximum Gasteiger partial charge on any atom is 0.272 e. The number of anilines is 1. The normalized spacial score (nSPS) is 15.3. The number of pyridine rings is 1. The Kier molecular flexibility index (Phi) is 5.84. The molecule has 0 unspecified atom stereocenters. The van der Waals surface area contributed by atoms with Crippen molar-refractivity contribution in [2.75, 3.05) is 11.4 Å². The van der Waals surface area contributed by atoms with E-state index in [0.717, 1.165) is 29.8 Å². The van der Waals surface area contributed by atoms with Gasteiger partial charge < -0.3 is 4.90 Å². The Morgan fingerprint density at radius 3 is 2.86 bits per heavy atom. The van der Waals surface area contributed by atoms with Crippen LogP contribution in [0, 0.1) is 0 Å². The second-order valence-corrected chi connectivity index (χ2v) is 7.87. The van der Waals surface area contributed by atoms with Crippen LogP contribution in [0.25, 0.3) is 5.57 Å². The Hall–Kier alpha value is -2.66. The topological polar surface area (TPSA) is 57.6 Å². The molecule has 0 radical (unpaired) electrons. The molecule has 1 N–H and O–H groups in total. The minimum Gasteiger partial charge on any atom is -0.362 e. The van der Waals surface area contributed by atoms with E-state index < -0.39 is 0 Å². The van der Waals surface area contributed by atoms with Gasteiger partial charge in [-0.25, -0.2) is 5.43 Å². The number of aromatic nitrogens is 1. The number of amides is 1. The van der Waals surface area contributed by atoms with Gasteiger partial charge in [-0.3, -0.25) is 9.78 Å². The lowest BCUT2D eigenvalue weighted by Gasteiger charge is -2.43. The van der Waals surface area contributed by atoms with Crippen LogP contribution in [0.15, 0.2) is 47.8 Å². The maximum atomic E-state index is 12.1. The van der Waals surface area contributed by atoms with Crippen molar-refractivity contribution >= 4 is 35.0 Å². The van der Waals surface area contributed by atoms with E-state index >= 15 is 0 Å². The molecule has 5 nitrogen and oxygen atoms in total. The van der Waals surface area contributed by atoms with Crippen molar-refractivity contribution in [2.24, 2.45) is 5.10 Å². The van der Waals surface area contributed by atoms with Gasteiger partial charge in [0.05, 0.1) is 22.3 Å². The number of carbonyl (C=O) groups excluding carboxylic acids is 1. The van der Waals surface area contributed by atoms with E-state index in [9.17, 15) is 4.79 Å². The number of fused-ring (bicyclic) bond motifs is 1. The predicted molar refractivity (Wildman–Crippen MR) is 116 cm³/mol. The molecular weight excluding hydrogens is 372 g/mol. The summed E-state index contributed by atoms with van der Waals surface area (Å²) in [6.45, 7) is 9.67. The van der Waals surface area contributed by atoms with Crippen LogP contribution in [-0.4, -0.2) is 29.2 Å². The molecule has 0 atom stereocenters. The molecule has 1 aromatic heterocycles. The zero-order valence-corrected chi connectivity index (χ0v) is 17.4. The molecule has 0 aliphatic carbocycles. The predicted octanol–water partition coefficient (Wildman–Crippen LogP) is 4.91. The lowest BCUT2D eigenvalue weighted by Crippen LogP contribution is -2.45. The summed E-state index contributed by atoms with van der Waals surface area (Å²) in [7, 11) is 0. The lowest BCUT2D eigenvalue weighted by molar-refractivity contribution is 0.0955. The Bertz CT molecular complexity index is 935. The summed E-state index contributed by atoms with van der Waals surface area (Å²) in [6.07, 6.45) is 8.02. The molecule has 0 spiro atoms. The van der Waals surface area contributed by atoms with E-state index in [1.54, 1.807) is 24.5 Å². The largest absolute Gasteiger partial charge is 0.362 e. The van der Waals surface area contributed by atoms with Crippen LogP contribution in [0.5, 0.6) is 0 Å². The monoisotopic (exact) mass is 396 g/mol. The van der Waals surface area contributed by atoms with Crippen LogP contribution < -0.4 is 10.3 Å². The Labute approximate surface area is 171 Å². The molecule has 0 fully saturated rings. The van der Waals surface area contributed by atoms with Gasteiger partial charge in [-0.05, 0) is 57.0 Å². The first-order chi connectivity index (χ1) is 13.3. The van der Waals surface area contributed by atoms with Crippen molar-refractivity contribution < 1.29 is 4.79 Å². The highest BCUT2D eigenvalue weighted by Crippen LogP contribution is 2.41. The molecule has 1 amide bonds. The zero-order chi connectivity index (χ0) is 20.3. The number of halogens is 1. The Morgan fingerprint density at radius 2 is 2.18 bits per heavy atom. The quantitative estimate of drug-likeness (QED) is 0.577. The van der Waals surface area contributed by atoms with E-state index in [4.69, 9.17) is 11.6 Å². The highest BCUT2D eigenvalue weighted by atomic mass is 35.5. The smallest absolute Gasteiger partial charge is 0.272 e. The zero-order valence-electron chi connectivity index (χ0n) is 16.7. The van der Waals surface area contributed by atoms with Gasteiger partial charge in [0.1, 0.15) is 0 Å². The number of benzene rings is 1. The lowest BCUT2D eigenvalue weighted by atomic mass is 9.88. The first-order valence-corrected chi connectivity index (χ1v) is 9.75. The molecule has 28 heavy (non-hydrogen) atoms. The van der Waals surface area contributed by atoms with E-state index in [0.29, 0.717) is 10.6 Å². The second-order valence-electron chi connectivity index (χ2n) is 7.46. The van der Waals surface area contributed by atoms with Crippen molar-refractivity contribution in [1.82, 2.24) is 10.4 Å². The fourth-order valence-corrected chi connectivity index (χ4v) is 3.77. The third kappa shape index (κ3) is 4.09. The molecular formula is C22H25ClN4O. The number of hydrogen-bond acceptors (Lipinski definition) is 4. The van der Waals surface area contributed by atoms with Gasteiger partial charge in [-0.15, -0.1) is 0 Å². The number of rotatable bonds is 5. The van der Waals surface area contributed by atoms with Gasteiger partial charge in [0, 0.05) is 35.8 Å². The van der Waals surface area contributed by atoms with E-state index in [2.05, 4.69) is 54.2 Å². The summed E-state index contributed by atoms with van der Waals surface area (Å²) >= 11 is 6.54. The molecule has 3 rings (SSSR count). The van der Waals surface area contributed by atoms with Crippen molar-refractivity contribution in [3.05, 3.63) is 64.4 Å². The first-order valence-electron chi connectivity index (χ1n) is 9.38. The van der Waals surface area contributed by atoms with Gasteiger partial charge in [-0.2, -0.15) is 5.10 Å². The van der Waals surface area contributed by atoms with Gasteiger partial charge in [0.15, 0.2) is 0 Å². The summed E-state index contributed by atoms with van der Waals surface area (Å²) in [5, 5.41) is 4.67. The van der Waals surface area contributed by atoms with Crippen LogP contribution in [0.4, 0.5) is 5.69 Å². The van der Waals surface area contributed by atoms with Crippen molar-refractivity contribution in [1.29, 1.82) is 0 Å². The van der Waals surface area contributed by atoms with Crippen LogP contribution >= 0.6 is 11.6 Å². The van der Waals surface area contributed by atoms with E-state index in [-0.39, 0.29) is 11.4 Å². The summed E-state index contributed by atoms with van der Waals surface area (Å²) < 4.78 is 0.